The van der Waals surface area contributed by atoms with Gasteiger partial charge >= 0.3 is 0 Å². The van der Waals surface area contributed by atoms with E-state index in [1.165, 1.54) is 5.39 Å². The number of benzene rings is 12. The lowest BCUT2D eigenvalue weighted by Gasteiger charge is -2.13. The Hall–Kier alpha value is -11.5. The molecule has 0 atom stereocenters. The van der Waals surface area contributed by atoms with Crippen molar-refractivity contribution in [3.63, 3.8) is 0 Å². The van der Waals surface area contributed by atoms with Gasteiger partial charge in [-0.05, 0) is 30.3 Å². The van der Waals surface area contributed by atoms with Gasteiger partial charge in [-0.2, -0.15) is 0 Å². The standard InChI is InChI=1S/2C38H23N3O/c1-3-13-24(14-4-1)30-23-31(25-15-5-2-6-16-25)40-38(39-30)41-32-21-11-9-19-28(32)34-35-29-20-10-12-22-33(29)42-37(35)27-18-8-7-17-26(27)36(34)41;1-3-13-24(14-4-1)30-23-33(40-38(39-30)25-15-5-2-6-16-25)41-31-21-11-9-19-28(31)34-35-29-20-10-12-22-32(29)42-37(35)27-18-8-7-17-26(27)36(34)41/h2*1-23H. The lowest BCUT2D eigenvalue weighted by Crippen LogP contribution is -2.04. The molecule has 392 valence electrons. The molecule has 0 saturated carbocycles. The lowest BCUT2D eigenvalue weighted by atomic mass is 9.99. The SMILES string of the molecule is c1ccc(-c2cc(-c3ccccc3)nc(-n3c4ccccc4c4c5c6ccccc6oc5c5ccccc5c43)n2)cc1.c1ccc(-c2cc(-n3c4ccccc4c4c5c6ccccc6oc5c5ccccc5c43)nc(-c3ccccc3)n2)cc1. The number of rotatable bonds is 6. The molecule has 18 rings (SSSR count). The Morgan fingerprint density at radius 2 is 0.619 bits per heavy atom. The molecule has 18 aromatic rings. The summed E-state index contributed by atoms with van der Waals surface area (Å²) in [6.45, 7) is 0. The van der Waals surface area contributed by atoms with Crippen molar-refractivity contribution < 1.29 is 8.83 Å². The van der Waals surface area contributed by atoms with Crippen LogP contribution in [0.15, 0.2) is 288 Å². The van der Waals surface area contributed by atoms with Crippen molar-refractivity contribution in [1.29, 1.82) is 0 Å². The topological polar surface area (TPSA) is 87.7 Å². The van der Waals surface area contributed by atoms with E-state index in [1.54, 1.807) is 0 Å². The molecule has 12 aromatic carbocycles. The number of fused-ring (bicyclic) bond motifs is 20. The van der Waals surface area contributed by atoms with Crippen molar-refractivity contribution in [2.45, 2.75) is 0 Å². The van der Waals surface area contributed by atoms with Gasteiger partial charge in [-0.15, -0.1) is 0 Å². The van der Waals surface area contributed by atoms with Gasteiger partial charge < -0.3 is 8.83 Å². The van der Waals surface area contributed by atoms with Crippen molar-refractivity contribution in [2.24, 2.45) is 0 Å². The van der Waals surface area contributed by atoms with Crippen LogP contribution in [0.5, 0.6) is 0 Å². The van der Waals surface area contributed by atoms with Gasteiger partial charge in [-0.1, -0.05) is 243 Å². The molecule has 0 bridgehead atoms. The number of para-hydroxylation sites is 4. The predicted molar refractivity (Wildman–Crippen MR) is 344 cm³/mol. The van der Waals surface area contributed by atoms with E-state index in [0.717, 1.165) is 149 Å². The summed E-state index contributed by atoms with van der Waals surface area (Å²) in [4.78, 5) is 20.8. The lowest BCUT2D eigenvalue weighted by molar-refractivity contribution is 0.672. The van der Waals surface area contributed by atoms with Crippen LogP contribution in [0.3, 0.4) is 0 Å². The van der Waals surface area contributed by atoms with Crippen molar-refractivity contribution in [3.8, 4) is 56.9 Å². The highest BCUT2D eigenvalue weighted by atomic mass is 16.3. The van der Waals surface area contributed by atoms with Gasteiger partial charge in [0.25, 0.3) is 0 Å². The Bertz CT molecular complexity index is 5150. The quantitative estimate of drug-likeness (QED) is 0.165. The van der Waals surface area contributed by atoms with E-state index in [9.17, 15) is 0 Å². The second-order valence-electron chi connectivity index (χ2n) is 21.2. The smallest absolute Gasteiger partial charge is 0.235 e. The van der Waals surface area contributed by atoms with Gasteiger partial charge in [0.1, 0.15) is 28.1 Å². The average molecular weight is 1080 g/mol. The zero-order valence-corrected chi connectivity index (χ0v) is 45.1. The molecule has 0 aliphatic carbocycles. The van der Waals surface area contributed by atoms with Crippen LogP contribution in [0, 0.1) is 0 Å². The van der Waals surface area contributed by atoms with Crippen LogP contribution in [-0.4, -0.2) is 29.1 Å². The predicted octanol–water partition coefficient (Wildman–Crippen LogP) is 19.9. The summed E-state index contributed by atoms with van der Waals surface area (Å²) in [7, 11) is 0. The van der Waals surface area contributed by atoms with E-state index >= 15 is 0 Å². The normalized spacial score (nSPS) is 11.8. The van der Waals surface area contributed by atoms with E-state index in [2.05, 4.69) is 197 Å². The van der Waals surface area contributed by atoms with Crippen LogP contribution < -0.4 is 0 Å². The van der Waals surface area contributed by atoms with Crippen LogP contribution in [-0.2, 0) is 0 Å². The molecule has 0 unspecified atom stereocenters. The fraction of sp³-hybridized carbons (Fsp3) is 0. The molecule has 0 amide bonds. The minimum Gasteiger partial charge on any atom is -0.455 e. The number of hydrogen-bond acceptors (Lipinski definition) is 6. The van der Waals surface area contributed by atoms with Crippen LogP contribution in [0.4, 0.5) is 0 Å². The first-order valence-corrected chi connectivity index (χ1v) is 28.2. The van der Waals surface area contributed by atoms with Crippen molar-refractivity contribution >= 4 is 109 Å². The Morgan fingerprint density at radius 1 is 0.262 bits per heavy atom. The van der Waals surface area contributed by atoms with Gasteiger partial charge in [0.05, 0.1) is 39.1 Å². The van der Waals surface area contributed by atoms with E-state index in [-0.39, 0.29) is 0 Å². The summed E-state index contributed by atoms with van der Waals surface area (Å²) in [5.74, 6) is 2.15. The molecule has 8 heteroatoms. The highest BCUT2D eigenvalue weighted by Crippen LogP contribution is 2.48. The average Bonchev–Trinajstić information content (AvgIpc) is 2.16. The summed E-state index contributed by atoms with van der Waals surface area (Å²) in [5.41, 5.74) is 14.7. The maximum atomic E-state index is 6.56. The highest BCUT2D eigenvalue weighted by molar-refractivity contribution is 6.37. The maximum Gasteiger partial charge on any atom is 0.235 e. The molecule has 84 heavy (non-hydrogen) atoms. The van der Waals surface area contributed by atoms with E-state index in [0.29, 0.717) is 11.8 Å². The number of furan rings is 2. The van der Waals surface area contributed by atoms with Crippen LogP contribution in [0.25, 0.3) is 166 Å². The van der Waals surface area contributed by atoms with Gasteiger partial charge in [0.2, 0.25) is 5.95 Å². The molecule has 6 aromatic heterocycles. The molecule has 0 aliphatic rings. The molecule has 0 saturated heterocycles. The number of nitrogens with zero attached hydrogens (tertiary/aromatic N) is 6. The van der Waals surface area contributed by atoms with E-state index < -0.39 is 0 Å². The van der Waals surface area contributed by atoms with Crippen molar-refractivity contribution in [3.05, 3.63) is 279 Å². The van der Waals surface area contributed by atoms with Gasteiger partial charge in [-0.25, -0.2) is 19.9 Å². The second-order valence-corrected chi connectivity index (χ2v) is 21.2. The van der Waals surface area contributed by atoms with E-state index in [4.69, 9.17) is 28.8 Å². The summed E-state index contributed by atoms with van der Waals surface area (Å²) < 4.78 is 17.7. The van der Waals surface area contributed by atoms with Gasteiger partial charge in [0, 0.05) is 93.0 Å². The molecule has 6 heterocycles. The van der Waals surface area contributed by atoms with Crippen molar-refractivity contribution in [1.82, 2.24) is 29.1 Å². The monoisotopic (exact) mass is 1070 g/mol. The third-order valence-electron chi connectivity index (χ3n) is 16.4. The highest BCUT2D eigenvalue weighted by Gasteiger charge is 2.26. The Balaban J connectivity index is 0.000000132. The molecule has 8 nitrogen and oxygen atoms in total. The molecule has 0 N–H and O–H groups in total. The molecule has 0 fully saturated rings. The Kier molecular flexibility index (Phi) is 10.8. The minimum absolute atomic E-state index is 0.638. The van der Waals surface area contributed by atoms with Crippen LogP contribution in [0.1, 0.15) is 0 Å². The molecule has 0 spiro atoms. The zero-order valence-electron chi connectivity index (χ0n) is 45.1. The number of hydrogen-bond donors (Lipinski definition) is 0. The first-order valence-electron chi connectivity index (χ1n) is 28.2. The van der Waals surface area contributed by atoms with Gasteiger partial charge in [0.15, 0.2) is 5.82 Å². The summed E-state index contributed by atoms with van der Waals surface area (Å²) in [6.07, 6.45) is 0. The van der Waals surface area contributed by atoms with Crippen LogP contribution >= 0.6 is 0 Å². The van der Waals surface area contributed by atoms with Crippen molar-refractivity contribution in [2.75, 3.05) is 0 Å². The first-order chi connectivity index (χ1) is 41.7. The molecular weight excluding hydrogens is 1030 g/mol. The molecular formula is C76H46N6O2. The fourth-order valence-electron chi connectivity index (χ4n) is 12.8. The summed E-state index contributed by atoms with van der Waals surface area (Å²) >= 11 is 0. The summed E-state index contributed by atoms with van der Waals surface area (Å²) in [6, 6.07) is 96.2. The largest absolute Gasteiger partial charge is 0.455 e. The maximum absolute atomic E-state index is 6.56. The third-order valence-corrected chi connectivity index (χ3v) is 16.4. The van der Waals surface area contributed by atoms with Crippen LogP contribution in [0.2, 0.25) is 0 Å². The van der Waals surface area contributed by atoms with Gasteiger partial charge in [-0.3, -0.25) is 9.13 Å². The molecule has 0 radical (unpaired) electrons. The zero-order chi connectivity index (χ0) is 55.2. The fourth-order valence-corrected chi connectivity index (χ4v) is 12.8. The minimum atomic E-state index is 0.638. The Morgan fingerprint density at radius 3 is 1.10 bits per heavy atom. The third kappa shape index (κ3) is 7.41. The Labute approximate surface area is 480 Å². The molecule has 0 aliphatic heterocycles. The van der Waals surface area contributed by atoms with E-state index in [1.807, 2.05) is 91.0 Å². The summed E-state index contributed by atoms with van der Waals surface area (Å²) in [5, 5.41) is 13.5. The first kappa shape index (κ1) is 47.3. The second kappa shape index (κ2) is 19.1. The number of aromatic nitrogens is 6.